The molecule has 2 N–H and O–H groups in total. The lowest BCUT2D eigenvalue weighted by molar-refractivity contribution is 0.230. The third kappa shape index (κ3) is 4.10. The fraction of sp³-hybridized carbons (Fsp3) is 1.00. The van der Waals surface area contributed by atoms with Crippen molar-refractivity contribution in [1.82, 2.24) is 5.32 Å². The minimum atomic E-state index is 0.310. The third-order valence-corrected chi connectivity index (χ3v) is 2.95. The molecule has 0 spiro atoms. The normalized spacial score (nSPS) is 34.8. The molecule has 0 aromatic heterocycles. The van der Waals surface area contributed by atoms with Crippen LogP contribution >= 0.6 is 0 Å². The van der Waals surface area contributed by atoms with Gasteiger partial charge in [-0.3, -0.25) is 0 Å². The lowest BCUT2D eigenvalue weighted by Gasteiger charge is -2.32. The lowest BCUT2D eigenvalue weighted by Crippen LogP contribution is -2.37. The first kappa shape index (κ1) is 11.0. The van der Waals surface area contributed by atoms with E-state index in [0.29, 0.717) is 12.6 Å². The van der Waals surface area contributed by atoms with Gasteiger partial charge in [-0.15, -0.1) is 0 Å². The van der Waals surface area contributed by atoms with Crippen molar-refractivity contribution in [3.63, 3.8) is 0 Å². The summed E-state index contributed by atoms with van der Waals surface area (Å²) in [7, 11) is 0. The van der Waals surface area contributed by atoms with Crippen molar-refractivity contribution in [2.24, 2.45) is 11.8 Å². The molecule has 1 fully saturated rings. The highest BCUT2D eigenvalue weighted by molar-refractivity contribution is 4.79. The highest BCUT2D eigenvalue weighted by Gasteiger charge is 2.22. The molecule has 1 rings (SSSR count). The van der Waals surface area contributed by atoms with Crippen LogP contribution in [0.15, 0.2) is 0 Å². The van der Waals surface area contributed by atoms with E-state index in [0.717, 1.165) is 24.8 Å². The van der Waals surface area contributed by atoms with Crippen LogP contribution in [0.1, 0.15) is 39.5 Å². The highest BCUT2D eigenvalue weighted by Crippen LogP contribution is 2.28. The van der Waals surface area contributed by atoms with Crippen molar-refractivity contribution in [3.05, 3.63) is 0 Å². The quantitative estimate of drug-likeness (QED) is 0.654. The first-order chi connectivity index (χ1) is 6.22. The summed E-state index contributed by atoms with van der Waals surface area (Å²) < 4.78 is 0. The van der Waals surface area contributed by atoms with E-state index in [2.05, 4.69) is 19.2 Å². The minimum Gasteiger partial charge on any atom is -0.396 e. The van der Waals surface area contributed by atoms with Crippen LogP contribution in [0.5, 0.6) is 0 Å². The molecule has 2 heteroatoms. The first-order valence-electron chi connectivity index (χ1n) is 5.56. The molecule has 1 saturated carbocycles. The van der Waals surface area contributed by atoms with E-state index < -0.39 is 0 Å². The van der Waals surface area contributed by atoms with E-state index in [-0.39, 0.29) is 0 Å². The van der Waals surface area contributed by atoms with Crippen molar-refractivity contribution >= 4 is 0 Å². The molecule has 0 amide bonds. The topological polar surface area (TPSA) is 32.3 Å². The number of hydrogen-bond acceptors (Lipinski definition) is 2. The van der Waals surface area contributed by atoms with Crippen LogP contribution in [0.3, 0.4) is 0 Å². The van der Waals surface area contributed by atoms with Gasteiger partial charge in [0.15, 0.2) is 0 Å². The Kier molecular flexibility index (Phi) is 4.74. The van der Waals surface area contributed by atoms with Crippen molar-refractivity contribution in [2.75, 3.05) is 13.2 Å². The van der Waals surface area contributed by atoms with E-state index in [1.54, 1.807) is 0 Å². The van der Waals surface area contributed by atoms with Gasteiger partial charge in [0, 0.05) is 12.6 Å². The Morgan fingerprint density at radius 3 is 2.31 bits per heavy atom. The van der Waals surface area contributed by atoms with Crippen LogP contribution in [-0.4, -0.2) is 24.3 Å². The Hall–Kier alpha value is -0.0800. The maximum Gasteiger partial charge on any atom is 0.0443 e. The third-order valence-electron chi connectivity index (χ3n) is 2.95. The van der Waals surface area contributed by atoms with E-state index in [9.17, 15) is 0 Å². The number of hydrogen-bond donors (Lipinski definition) is 2. The molecule has 0 unspecified atom stereocenters. The van der Waals surface area contributed by atoms with Gasteiger partial charge in [-0.25, -0.2) is 0 Å². The number of aliphatic hydroxyl groups is 1. The second kappa shape index (κ2) is 5.61. The van der Waals surface area contributed by atoms with Gasteiger partial charge in [0.1, 0.15) is 0 Å². The van der Waals surface area contributed by atoms with Gasteiger partial charge in [0.05, 0.1) is 0 Å². The van der Waals surface area contributed by atoms with Gasteiger partial charge >= 0.3 is 0 Å². The predicted octanol–water partition coefficient (Wildman–Crippen LogP) is 1.78. The highest BCUT2D eigenvalue weighted by atomic mass is 16.3. The summed E-state index contributed by atoms with van der Waals surface area (Å²) in [5, 5.41) is 12.2. The van der Waals surface area contributed by atoms with Crippen LogP contribution in [0.4, 0.5) is 0 Å². The maximum atomic E-state index is 8.66. The Balaban J connectivity index is 2.17. The van der Waals surface area contributed by atoms with Crippen LogP contribution in [-0.2, 0) is 0 Å². The predicted molar refractivity (Wildman–Crippen MR) is 55.7 cm³/mol. The molecule has 78 valence electrons. The first-order valence-corrected chi connectivity index (χ1v) is 5.56. The molecule has 0 bridgehead atoms. The molecule has 2 nitrogen and oxygen atoms in total. The smallest absolute Gasteiger partial charge is 0.0443 e. The molecule has 0 aromatic rings. The Morgan fingerprint density at radius 2 is 1.77 bits per heavy atom. The average Bonchev–Trinajstić information content (AvgIpc) is 2.03. The van der Waals surface area contributed by atoms with E-state index in [4.69, 9.17) is 5.11 Å². The molecule has 1 aliphatic rings. The molecule has 0 aromatic carbocycles. The second-order valence-corrected chi connectivity index (χ2v) is 4.65. The summed E-state index contributed by atoms with van der Waals surface area (Å²) in [4.78, 5) is 0. The molecule has 0 aliphatic heterocycles. The summed E-state index contributed by atoms with van der Waals surface area (Å²) >= 11 is 0. The molecule has 0 saturated heterocycles. The Labute approximate surface area is 81.7 Å². The average molecular weight is 185 g/mol. The summed E-state index contributed by atoms with van der Waals surface area (Å²) in [5.74, 6) is 1.74. The van der Waals surface area contributed by atoms with Gasteiger partial charge in [-0.05, 0) is 44.1 Å². The minimum absolute atomic E-state index is 0.310. The van der Waals surface area contributed by atoms with Gasteiger partial charge in [0.2, 0.25) is 0 Å². The zero-order valence-corrected chi connectivity index (χ0v) is 8.92. The van der Waals surface area contributed by atoms with Crippen LogP contribution in [0.25, 0.3) is 0 Å². The van der Waals surface area contributed by atoms with E-state index in [1.165, 1.54) is 19.3 Å². The zero-order valence-electron chi connectivity index (χ0n) is 8.92. The summed E-state index contributed by atoms with van der Waals surface area (Å²) in [6.07, 6.45) is 4.91. The zero-order chi connectivity index (χ0) is 9.68. The van der Waals surface area contributed by atoms with Crippen molar-refractivity contribution in [3.8, 4) is 0 Å². The van der Waals surface area contributed by atoms with E-state index in [1.807, 2.05) is 0 Å². The Morgan fingerprint density at radius 1 is 1.15 bits per heavy atom. The molecule has 0 heterocycles. The fourth-order valence-electron chi connectivity index (χ4n) is 2.50. The molecule has 13 heavy (non-hydrogen) atoms. The van der Waals surface area contributed by atoms with Gasteiger partial charge in [-0.2, -0.15) is 0 Å². The van der Waals surface area contributed by atoms with Crippen LogP contribution < -0.4 is 5.32 Å². The lowest BCUT2D eigenvalue weighted by atomic mass is 9.80. The molecular weight excluding hydrogens is 162 g/mol. The van der Waals surface area contributed by atoms with Gasteiger partial charge in [-0.1, -0.05) is 13.8 Å². The van der Waals surface area contributed by atoms with Gasteiger partial charge < -0.3 is 10.4 Å². The standard InChI is InChI=1S/C11H23NO/c1-9-6-10(2)8-11(7-9)12-4-3-5-13/h9-13H,3-8H2,1-2H3/t9-,10-/m0/s1. The molecular formula is C11H23NO. The second-order valence-electron chi connectivity index (χ2n) is 4.65. The molecule has 1 aliphatic carbocycles. The summed E-state index contributed by atoms with van der Waals surface area (Å²) in [5.41, 5.74) is 0. The van der Waals surface area contributed by atoms with Crippen LogP contribution in [0.2, 0.25) is 0 Å². The summed E-state index contributed by atoms with van der Waals surface area (Å²) in [6, 6.07) is 0.699. The van der Waals surface area contributed by atoms with Crippen LogP contribution in [0, 0.1) is 11.8 Å². The number of nitrogens with one attached hydrogen (secondary N) is 1. The van der Waals surface area contributed by atoms with Crippen molar-refractivity contribution < 1.29 is 5.11 Å². The molecule has 2 atom stereocenters. The fourth-order valence-corrected chi connectivity index (χ4v) is 2.50. The van der Waals surface area contributed by atoms with Crippen molar-refractivity contribution in [1.29, 1.82) is 0 Å². The van der Waals surface area contributed by atoms with Crippen molar-refractivity contribution in [2.45, 2.75) is 45.6 Å². The SMILES string of the molecule is C[C@@H]1CC(NCCCO)C[C@@H](C)C1. The van der Waals surface area contributed by atoms with E-state index >= 15 is 0 Å². The van der Waals surface area contributed by atoms with Gasteiger partial charge in [0.25, 0.3) is 0 Å². The Bertz CT molecular complexity index is 128. The number of rotatable bonds is 4. The summed E-state index contributed by atoms with van der Waals surface area (Å²) in [6.45, 7) is 5.97. The molecule has 0 radical (unpaired) electrons. The number of aliphatic hydroxyl groups excluding tert-OH is 1. The monoisotopic (exact) mass is 185 g/mol. The largest absolute Gasteiger partial charge is 0.396 e. The maximum absolute atomic E-state index is 8.66.